The third kappa shape index (κ3) is 4.67. The first-order chi connectivity index (χ1) is 23.2. The molecule has 0 spiro atoms. The van der Waals surface area contributed by atoms with Gasteiger partial charge in [-0.2, -0.15) is 19.7 Å². The highest BCUT2D eigenvalue weighted by Crippen LogP contribution is 2.49. The van der Waals surface area contributed by atoms with Crippen LogP contribution >= 0.6 is 22.9 Å². The molecule has 3 aromatic heterocycles. The van der Waals surface area contributed by atoms with Gasteiger partial charge in [0.25, 0.3) is 0 Å². The number of likely N-dealkylation sites (tertiary alicyclic amines) is 1. The van der Waals surface area contributed by atoms with Gasteiger partial charge in [0, 0.05) is 60.4 Å². The summed E-state index contributed by atoms with van der Waals surface area (Å²) in [5, 5.41) is 7.91. The Labute approximate surface area is 280 Å². The first-order valence-corrected chi connectivity index (χ1v) is 16.9. The van der Waals surface area contributed by atoms with Crippen LogP contribution in [-0.2, 0) is 0 Å². The number of hydrogen-bond acceptors (Lipinski definition) is 11. The average Bonchev–Trinajstić information content (AvgIpc) is 3.74. The van der Waals surface area contributed by atoms with E-state index < -0.39 is 23.3 Å². The summed E-state index contributed by atoms with van der Waals surface area (Å²) in [5.41, 5.74) is 5.85. The van der Waals surface area contributed by atoms with Gasteiger partial charge in [0.15, 0.2) is 10.9 Å². The monoisotopic (exact) mass is 696 g/mol. The highest BCUT2D eigenvalue weighted by atomic mass is 35.5. The number of hydrogen-bond donors (Lipinski definition) is 2. The topological polar surface area (TPSA) is 140 Å². The van der Waals surface area contributed by atoms with Crippen LogP contribution in [-0.4, -0.2) is 96.1 Å². The number of rotatable bonds is 6. The maximum atomic E-state index is 16.8. The fourth-order valence-electron chi connectivity index (χ4n) is 7.94. The molecule has 5 aromatic rings. The minimum atomic E-state index is -0.941. The molecule has 0 bridgehead atoms. The molecule has 48 heavy (non-hydrogen) atoms. The van der Waals surface area contributed by atoms with Crippen molar-refractivity contribution >= 4 is 61.0 Å². The standard InChI is InChI=1S/C31H28ClF3N10O2S/c32-19-6-16-24(22(35)21(19)15-2-3-20(34)26-25(15)40-28(36)48-26)41-29(47-11-31-4-1-5-44(31)8-14(33)7-31)42-27(16)39-23-17-9-43(10-18(17)23)30(46)45-13-37-12-38-45/h2-3,6,12-14,17-18,23H,1,4-5,7-11H2,(H2,36,40)(H,39,41,42)/t14-,17?,18?,23?,31+/m1/s1. The predicted molar refractivity (Wildman–Crippen MR) is 173 cm³/mol. The van der Waals surface area contributed by atoms with E-state index >= 15 is 4.39 Å². The van der Waals surface area contributed by atoms with E-state index in [1.165, 1.54) is 29.5 Å². The molecule has 4 fully saturated rings. The molecule has 17 heteroatoms. The summed E-state index contributed by atoms with van der Waals surface area (Å²) >= 11 is 7.73. The number of fused-ring (bicyclic) bond motifs is 4. The van der Waals surface area contributed by atoms with E-state index in [2.05, 4.69) is 35.3 Å². The van der Waals surface area contributed by atoms with Crippen LogP contribution in [0, 0.1) is 23.5 Å². The van der Waals surface area contributed by atoms with Gasteiger partial charge in [-0.1, -0.05) is 22.9 Å². The number of piperidine rings is 1. The fraction of sp³-hybridized carbons (Fsp3) is 0.419. The van der Waals surface area contributed by atoms with Crippen molar-refractivity contribution in [3.8, 4) is 17.1 Å². The Morgan fingerprint density at radius 3 is 2.79 bits per heavy atom. The summed E-state index contributed by atoms with van der Waals surface area (Å²) in [6, 6.07) is 3.88. The lowest BCUT2D eigenvalue weighted by molar-refractivity contribution is 0.107. The van der Waals surface area contributed by atoms with Crippen LogP contribution in [0.4, 0.5) is 28.9 Å². The van der Waals surface area contributed by atoms with E-state index in [0.717, 1.165) is 30.7 Å². The second-order valence-electron chi connectivity index (χ2n) is 13.0. The van der Waals surface area contributed by atoms with E-state index in [1.807, 2.05) is 0 Å². The smallest absolute Gasteiger partial charge is 0.346 e. The van der Waals surface area contributed by atoms with Gasteiger partial charge >= 0.3 is 12.0 Å². The van der Waals surface area contributed by atoms with E-state index in [1.54, 1.807) is 11.0 Å². The number of aromatic nitrogens is 6. The quantitative estimate of drug-likeness (QED) is 0.250. The van der Waals surface area contributed by atoms with Crippen molar-refractivity contribution < 1.29 is 22.7 Å². The van der Waals surface area contributed by atoms with Gasteiger partial charge in [-0.25, -0.2) is 27.9 Å². The lowest BCUT2D eigenvalue weighted by Gasteiger charge is -2.30. The number of ether oxygens (including phenoxy) is 1. The third-order valence-corrected chi connectivity index (χ3v) is 11.4. The van der Waals surface area contributed by atoms with E-state index in [-0.39, 0.29) is 73.5 Å². The zero-order chi connectivity index (χ0) is 32.9. The van der Waals surface area contributed by atoms with E-state index in [0.29, 0.717) is 37.3 Å². The van der Waals surface area contributed by atoms with Crippen LogP contribution < -0.4 is 15.8 Å². The second kappa shape index (κ2) is 10.9. The summed E-state index contributed by atoms with van der Waals surface area (Å²) in [5.74, 6) is -0.670. The number of nitrogens with one attached hydrogen (secondary N) is 1. The molecule has 4 atom stereocenters. The summed E-state index contributed by atoms with van der Waals surface area (Å²) in [6.07, 6.45) is 3.81. The van der Waals surface area contributed by atoms with E-state index in [4.69, 9.17) is 22.1 Å². The Balaban J connectivity index is 1.08. The van der Waals surface area contributed by atoms with Gasteiger partial charge in [-0.05, 0) is 37.6 Å². The van der Waals surface area contributed by atoms with Crippen molar-refractivity contribution in [1.82, 2.24) is 39.5 Å². The Morgan fingerprint density at radius 2 is 2.00 bits per heavy atom. The zero-order valence-electron chi connectivity index (χ0n) is 25.2. The zero-order valence-corrected chi connectivity index (χ0v) is 26.8. The second-order valence-corrected chi connectivity index (χ2v) is 14.5. The van der Waals surface area contributed by atoms with Crippen LogP contribution in [0.1, 0.15) is 19.3 Å². The first kappa shape index (κ1) is 29.8. The molecule has 1 aliphatic carbocycles. The molecule has 248 valence electrons. The normalized spacial score (nSPS) is 26.4. The third-order valence-electron chi connectivity index (χ3n) is 10.3. The Morgan fingerprint density at radius 1 is 1.17 bits per heavy atom. The van der Waals surface area contributed by atoms with Crippen LogP contribution in [0.3, 0.4) is 0 Å². The molecule has 1 amide bonds. The maximum Gasteiger partial charge on any atom is 0.346 e. The maximum absolute atomic E-state index is 16.8. The molecule has 3 N–H and O–H groups in total. The molecule has 2 aromatic carbocycles. The first-order valence-electron chi connectivity index (χ1n) is 15.7. The number of nitrogens with zero attached hydrogens (tertiary/aromatic N) is 8. The summed E-state index contributed by atoms with van der Waals surface area (Å²) < 4.78 is 53.4. The molecule has 9 rings (SSSR count). The van der Waals surface area contributed by atoms with Gasteiger partial charge in [0.2, 0.25) is 0 Å². The number of anilines is 2. The largest absolute Gasteiger partial charge is 0.461 e. The molecule has 0 radical (unpaired) electrons. The summed E-state index contributed by atoms with van der Waals surface area (Å²) in [4.78, 5) is 33.9. The Kier molecular flexibility index (Phi) is 6.75. The summed E-state index contributed by atoms with van der Waals surface area (Å²) in [7, 11) is 0. The molecule has 3 aliphatic heterocycles. The van der Waals surface area contributed by atoms with Crippen molar-refractivity contribution in [3.63, 3.8) is 0 Å². The van der Waals surface area contributed by atoms with Gasteiger partial charge in [0.05, 0.1) is 20.8 Å². The number of nitrogens with two attached hydrogens (primary N) is 1. The van der Waals surface area contributed by atoms with Gasteiger partial charge < -0.3 is 20.7 Å². The van der Waals surface area contributed by atoms with Crippen molar-refractivity contribution in [1.29, 1.82) is 0 Å². The predicted octanol–water partition coefficient (Wildman–Crippen LogP) is 4.98. The number of carbonyl (C=O) groups is 1. The highest BCUT2D eigenvalue weighted by Gasteiger charge is 2.57. The van der Waals surface area contributed by atoms with Crippen LogP contribution in [0.2, 0.25) is 5.02 Å². The number of benzene rings is 2. The molecule has 4 aliphatic rings. The highest BCUT2D eigenvalue weighted by molar-refractivity contribution is 7.22. The van der Waals surface area contributed by atoms with Crippen LogP contribution in [0.15, 0.2) is 30.9 Å². The lowest BCUT2D eigenvalue weighted by Crippen LogP contribution is -2.43. The number of nitrogen functional groups attached to an aromatic ring is 1. The summed E-state index contributed by atoms with van der Waals surface area (Å²) in [6.45, 7) is 2.32. The van der Waals surface area contributed by atoms with E-state index in [9.17, 15) is 13.6 Å². The number of halogens is 4. The van der Waals surface area contributed by atoms with Crippen LogP contribution in [0.5, 0.6) is 6.01 Å². The molecule has 2 unspecified atom stereocenters. The fourth-order valence-corrected chi connectivity index (χ4v) is 9.00. The van der Waals surface area contributed by atoms with Crippen molar-refractivity contribution in [3.05, 3.63) is 47.5 Å². The minimum Gasteiger partial charge on any atom is -0.461 e. The molecule has 12 nitrogen and oxygen atoms in total. The minimum absolute atomic E-state index is 0.00255. The average molecular weight is 697 g/mol. The number of carbonyl (C=O) groups excluding carboxylic acids is 1. The van der Waals surface area contributed by atoms with Crippen molar-refractivity contribution in [2.24, 2.45) is 11.8 Å². The number of thiazole rings is 1. The molecular formula is C31H28ClF3N10O2S. The lowest BCUT2D eigenvalue weighted by atomic mass is 9.95. The SMILES string of the molecule is Nc1nc2c(-c3c(Cl)cc4c(NC5C6CN(C(=O)n7cncn7)CC65)nc(OC[C@@]56CCCN5C[C@H](F)C6)nc4c3F)ccc(F)c2s1. The molecule has 6 heterocycles. The van der Waals surface area contributed by atoms with Gasteiger partial charge in [-0.3, -0.25) is 4.90 Å². The Hall–Kier alpha value is -4.28. The molecule has 1 saturated carbocycles. The Bertz CT molecular complexity index is 2110. The van der Waals surface area contributed by atoms with Crippen LogP contribution in [0.25, 0.3) is 32.2 Å². The number of alkyl halides is 1. The van der Waals surface area contributed by atoms with Gasteiger partial charge in [-0.15, -0.1) is 0 Å². The van der Waals surface area contributed by atoms with Crippen molar-refractivity contribution in [2.45, 2.75) is 37.0 Å². The van der Waals surface area contributed by atoms with Crippen molar-refractivity contribution in [2.75, 3.05) is 43.8 Å². The molecular weight excluding hydrogens is 669 g/mol. The number of amides is 1. The molecule has 3 saturated heterocycles. The van der Waals surface area contributed by atoms with Gasteiger partial charge in [0.1, 0.15) is 42.6 Å².